The Balaban J connectivity index is 1.83. The summed E-state index contributed by atoms with van der Waals surface area (Å²) in [6, 6.07) is 13.3. The highest BCUT2D eigenvalue weighted by Gasteiger charge is 2.29. The number of hydrogen-bond donors (Lipinski definition) is 0. The second kappa shape index (κ2) is 7.25. The highest BCUT2D eigenvalue weighted by molar-refractivity contribution is 6.30. The lowest BCUT2D eigenvalue weighted by atomic mass is 9.91. The van der Waals surface area contributed by atoms with Gasteiger partial charge in [-0.25, -0.2) is 9.67 Å². The van der Waals surface area contributed by atoms with E-state index >= 15 is 0 Å². The molecule has 0 fully saturated rings. The minimum Gasteiger partial charge on any atom is -0.457 e. The van der Waals surface area contributed by atoms with Gasteiger partial charge in [0, 0.05) is 12.1 Å². The number of methoxy groups -OCH3 is 1. The fourth-order valence-electron chi connectivity index (χ4n) is 2.81. The predicted octanol–water partition coefficient (Wildman–Crippen LogP) is 4.59. The van der Waals surface area contributed by atoms with Crippen molar-refractivity contribution in [2.75, 3.05) is 7.11 Å². The Bertz CT molecular complexity index is 834. The maximum absolute atomic E-state index is 5.90. The Hall–Kier alpha value is -2.37. The molecule has 0 aliphatic carbocycles. The first-order chi connectivity index (χ1) is 12.0. The molecule has 0 saturated heterocycles. The van der Waals surface area contributed by atoms with Crippen molar-refractivity contribution in [3.8, 4) is 11.5 Å². The molecule has 0 spiro atoms. The number of rotatable bonds is 6. The van der Waals surface area contributed by atoms with E-state index in [9.17, 15) is 0 Å². The van der Waals surface area contributed by atoms with Crippen molar-refractivity contribution in [2.24, 2.45) is 0 Å². The highest BCUT2D eigenvalue weighted by Crippen LogP contribution is 2.32. The molecule has 0 aliphatic heterocycles. The molecule has 25 heavy (non-hydrogen) atoms. The zero-order valence-electron chi connectivity index (χ0n) is 14.4. The molecule has 1 atom stereocenters. The number of nitrogens with zero attached hydrogens (tertiary/aromatic N) is 3. The average Bonchev–Trinajstić information content (AvgIpc) is 3.09. The van der Waals surface area contributed by atoms with Crippen LogP contribution >= 0.6 is 11.6 Å². The van der Waals surface area contributed by atoms with Gasteiger partial charge in [0.05, 0.1) is 6.54 Å². The summed E-state index contributed by atoms with van der Waals surface area (Å²) in [4.78, 5) is 3.99. The monoisotopic (exact) mass is 357 g/mol. The van der Waals surface area contributed by atoms with E-state index in [2.05, 4.69) is 10.1 Å². The number of halogens is 1. The zero-order valence-corrected chi connectivity index (χ0v) is 15.2. The maximum Gasteiger partial charge on any atom is 0.137 e. The molecule has 0 N–H and O–H groups in total. The van der Waals surface area contributed by atoms with Crippen LogP contribution in [0.3, 0.4) is 0 Å². The highest BCUT2D eigenvalue weighted by atomic mass is 35.5. The molecule has 1 aromatic heterocycles. The van der Waals surface area contributed by atoms with Crippen LogP contribution in [0.2, 0.25) is 5.02 Å². The van der Waals surface area contributed by atoms with Crippen molar-refractivity contribution < 1.29 is 9.47 Å². The van der Waals surface area contributed by atoms with Crippen LogP contribution in [0.4, 0.5) is 0 Å². The van der Waals surface area contributed by atoms with Crippen LogP contribution in [0.15, 0.2) is 55.1 Å². The van der Waals surface area contributed by atoms with Crippen molar-refractivity contribution >= 4 is 11.6 Å². The van der Waals surface area contributed by atoms with Crippen molar-refractivity contribution in [1.82, 2.24) is 14.8 Å². The van der Waals surface area contributed by atoms with Gasteiger partial charge in [-0.15, -0.1) is 0 Å². The Morgan fingerprint density at radius 1 is 1.12 bits per heavy atom. The lowest BCUT2D eigenvalue weighted by Crippen LogP contribution is -2.31. The first-order valence-electron chi connectivity index (χ1n) is 7.92. The molecule has 130 valence electrons. The Kier molecular flexibility index (Phi) is 5.06. The van der Waals surface area contributed by atoms with Gasteiger partial charge in [0.15, 0.2) is 0 Å². The minimum atomic E-state index is -0.517. The quantitative estimate of drug-likeness (QED) is 0.647. The molecule has 0 amide bonds. The summed E-state index contributed by atoms with van der Waals surface area (Å²) in [6.07, 6.45) is 3.20. The van der Waals surface area contributed by atoms with Gasteiger partial charge in [-0.3, -0.25) is 0 Å². The Labute approximate surface area is 152 Å². The van der Waals surface area contributed by atoms with E-state index in [0.29, 0.717) is 11.6 Å². The molecule has 3 rings (SSSR count). The molecular weight excluding hydrogens is 338 g/mol. The van der Waals surface area contributed by atoms with E-state index in [4.69, 9.17) is 21.1 Å². The van der Waals surface area contributed by atoms with E-state index in [-0.39, 0.29) is 0 Å². The molecule has 0 bridgehead atoms. The molecule has 0 aliphatic rings. The maximum atomic E-state index is 5.90. The first-order valence-corrected chi connectivity index (χ1v) is 8.30. The van der Waals surface area contributed by atoms with Gasteiger partial charge in [-0.2, -0.15) is 5.10 Å². The smallest absolute Gasteiger partial charge is 0.137 e. The topological polar surface area (TPSA) is 49.2 Å². The fourth-order valence-corrected chi connectivity index (χ4v) is 2.94. The standard InChI is InChI=1S/C19H20ClN3O2/c1-14-10-17(25-16-6-4-15(20)5-7-16)8-9-18(14)19(2,24-3)11-23-13-21-12-22-23/h4-10,12-13H,11H2,1-3H3. The van der Waals surface area contributed by atoms with E-state index in [0.717, 1.165) is 22.6 Å². The van der Waals surface area contributed by atoms with Crippen LogP contribution in [0.1, 0.15) is 18.1 Å². The van der Waals surface area contributed by atoms with Crippen molar-refractivity contribution in [1.29, 1.82) is 0 Å². The summed E-state index contributed by atoms with van der Waals surface area (Å²) in [7, 11) is 1.70. The summed E-state index contributed by atoms with van der Waals surface area (Å²) in [5, 5.41) is 4.86. The summed E-state index contributed by atoms with van der Waals surface area (Å²) in [5.74, 6) is 1.51. The van der Waals surface area contributed by atoms with Crippen LogP contribution < -0.4 is 4.74 Å². The van der Waals surface area contributed by atoms with E-state index in [1.165, 1.54) is 6.33 Å². The minimum absolute atomic E-state index is 0.517. The van der Waals surface area contributed by atoms with Crippen LogP contribution in [-0.2, 0) is 16.9 Å². The van der Waals surface area contributed by atoms with E-state index < -0.39 is 5.60 Å². The van der Waals surface area contributed by atoms with Crippen LogP contribution in [0, 0.1) is 6.92 Å². The fraction of sp³-hybridized carbons (Fsp3) is 0.263. The van der Waals surface area contributed by atoms with Gasteiger partial charge in [0.25, 0.3) is 0 Å². The van der Waals surface area contributed by atoms with Crippen molar-refractivity contribution in [3.05, 3.63) is 71.3 Å². The molecule has 0 radical (unpaired) electrons. The Morgan fingerprint density at radius 2 is 1.84 bits per heavy atom. The summed E-state index contributed by atoms with van der Waals surface area (Å²) in [5.41, 5.74) is 1.64. The van der Waals surface area contributed by atoms with E-state index in [1.807, 2.05) is 44.2 Å². The molecule has 6 heteroatoms. The molecule has 3 aromatic rings. The first kappa shape index (κ1) is 17.5. The molecule has 1 heterocycles. The van der Waals surface area contributed by atoms with Gasteiger partial charge in [0.2, 0.25) is 0 Å². The van der Waals surface area contributed by atoms with Crippen LogP contribution in [-0.4, -0.2) is 21.9 Å². The summed E-state index contributed by atoms with van der Waals surface area (Å²) < 4.78 is 13.5. The lowest BCUT2D eigenvalue weighted by molar-refractivity contribution is -0.0162. The third kappa shape index (κ3) is 4.00. The number of aromatic nitrogens is 3. The number of aryl methyl sites for hydroxylation is 1. The van der Waals surface area contributed by atoms with Crippen molar-refractivity contribution in [2.45, 2.75) is 26.0 Å². The van der Waals surface area contributed by atoms with Crippen LogP contribution in [0.5, 0.6) is 11.5 Å². The number of hydrogen-bond acceptors (Lipinski definition) is 4. The average molecular weight is 358 g/mol. The van der Waals surface area contributed by atoms with Gasteiger partial charge >= 0.3 is 0 Å². The van der Waals surface area contributed by atoms with Crippen LogP contribution in [0.25, 0.3) is 0 Å². The Morgan fingerprint density at radius 3 is 2.44 bits per heavy atom. The molecular formula is C19H20ClN3O2. The van der Waals surface area contributed by atoms with Gasteiger partial charge < -0.3 is 9.47 Å². The number of ether oxygens (including phenoxy) is 2. The second-order valence-electron chi connectivity index (χ2n) is 6.06. The molecule has 2 aromatic carbocycles. The van der Waals surface area contributed by atoms with Gasteiger partial charge in [-0.05, 0) is 61.4 Å². The third-order valence-electron chi connectivity index (χ3n) is 4.20. The largest absolute Gasteiger partial charge is 0.457 e. The SMILES string of the molecule is COC(C)(Cn1cncn1)c1ccc(Oc2ccc(Cl)cc2)cc1C. The molecule has 0 saturated carbocycles. The van der Waals surface area contributed by atoms with Crippen molar-refractivity contribution in [3.63, 3.8) is 0 Å². The summed E-state index contributed by atoms with van der Waals surface area (Å²) in [6.45, 7) is 4.65. The molecule has 5 nitrogen and oxygen atoms in total. The third-order valence-corrected chi connectivity index (χ3v) is 4.45. The van der Waals surface area contributed by atoms with Gasteiger partial charge in [-0.1, -0.05) is 17.7 Å². The summed E-state index contributed by atoms with van der Waals surface area (Å²) >= 11 is 5.90. The van der Waals surface area contributed by atoms with E-state index in [1.54, 1.807) is 30.3 Å². The second-order valence-corrected chi connectivity index (χ2v) is 6.50. The normalized spacial score (nSPS) is 13.4. The molecule has 1 unspecified atom stereocenters. The number of benzene rings is 2. The predicted molar refractivity (Wildman–Crippen MR) is 97.1 cm³/mol. The lowest BCUT2D eigenvalue weighted by Gasteiger charge is -2.30. The van der Waals surface area contributed by atoms with Gasteiger partial charge in [0.1, 0.15) is 29.8 Å². The zero-order chi connectivity index (χ0) is 17.9.